The van der Waals surface area contributed by atoms with Crippen molar-refractivity contribution in [2.75, 3.05) is 0 Å². The summed E-state index contributed by atoms with van der Waals surface area (Å²) in [6, 6.07) is 2.88. The van der Waals surface area contributed by atoms with Crippen molar-refractivity contribution >= 4 is 28.4 Å². The third kappa shape index (κ3) is 3.13. The molecule has 2 nitrogen and oxygen atoms in total. The highest BCUT2D eigenvalue weighted by atomic mass is 127. The second-order valence-corrected chi connectivity index (χ2v) is 4.38. The van der Waals surface area contributed by atoms with Crippen molar-refractivity contribution in [1.82, 2.24) is 0 Å². The van der Waals surface area contributed by atoms with Crippen LogP contribution in [0.15, 0.2) is 12.1 Å². The van der Waals surface area contributed by atoms with Gasteiger partial charge in [0.2, 0.25) is 0 Å². The summed E-state index contributed by atoms with van der Waals surface area (Å²) in [6.07, 6.45) is 0.683. The van der Waals surface area contributed by atoms with Gasteiger partial charge in [-0.1, -0.05) is 6.92 Å². The Bertz CT molecular complexity index is 405. The molecule has 0 saturated heterocycles. The Kier molecular flexibility index (Phi) is 4.64. The summed E-state index contributed by atoms with van der Waals surface area (Å²) < 4.78 is 29.2. The van der Waals surface area contributed by atoms with E-state index >= 15 is 0 Å². The van der Waals surface area contributed by atoms with E-state index < -0.39 is 6.61 Å². The number of hydrogen-bond donors (Lipinski definition) is 0. The van der Waals surface area contributed by atoms with Crippen LogP contribution in [0.25, 0.3) is 0 Å². The number of carbonyl (C=O) groups is 1. The summed E-state index contributed by atoms with van der Waals surface area (Å²) in [5, 5.41) is 0. The summed E-state index contributed by atoms with van der Waals surface area (Å²) in [7, 11) is 0. The fourth-order valence-corrected chi connectivity index (χ4v) is 2.43. The van der Waals surface area contributed by atoms with Crippen LogP contribution in [0.2, 0.25) is 0 Å². The van der Waals surface area contributed by atoms with E-state index in [-0.39, 0.29) is 11.5 Å². The van der Waals surface area contributed by atoms with Gasteiger partial charge in [0.25, 0.3) is 0 Å². The van der Waals surface area contributed by atoms with E-state index in [0.717, 1.165) is 9.13 Å². The van der Waals surface area contributed by atoms with Gasteiger partial charge in [0.1, 0.15) is 5.75 Å². The van der Waals surface area contributed by atoms with Crippen LogP contribution in [0.3, 0.4) is 0 Å². The molecule has 0 aliphatic carbocycles. The van der Waals surface area contributed by atoms with Crippen molar-refractivity contribution in [2.45, 2.75) is 26.9 Å². The first-order valence-corrected chi connectivity index (χ1v) is 5.81. The maximum atomic E-state index is 12.1. The summed E-state index contributed by atoms with van der Waals surface area (Å²) >= 11 is 2.01. The quantitative estimate of drug-likeness (QED) is 0.618. The highest BCUT2D eigenvalue weighted by molar-refractivity contribution is 14.1. The lowest BCUT2D eigenvalue weighted by atomic mass is 10.0. The van der Waals surface area contributed by atoms with E-state index in [1.807, 2.05) is 29.5 Å². The summed E-state index contributed by atoms with van der Waals surface area (Å²) in [5.41, 5.74) is 1.32. The van der Waals surface area contributed by atoms with Gasteiger partial charge in [-0.2, -0.15) is 8.78 Å². The number of alkyl halides is 2. The third-order valence-corrected chi connectivity index (χ3v) is 3.09. The average Bonchev–Trinajstić information content (AvgIpc) is 2.15. The number of ether oxygens (including phenoxy) is 1. The topological polar surface area (TPSA) is 26.3 Å². The second kappa shape index (κ2) is 5.56. The Labute approximate surface area is 106 Å². The van der Waals surface area contributed by atoms with Gasteiger partial charge in [-0.25, -0.2) is 0 Å². The summed E-state index contributed by atoms with van der Waals surface area (Å²) in [4.78, 5) is 11.4. The van der Waals surface area contributed by atoms with Gasteiger partial charge in [0.05, 0.1) is 0 Å². The predicted octanol–water partition coefficient (Wildman–Crippen LogP) is 3.66. The molecule has 0 aromatic heterocycles. The fourth-order valence-electron chi connectivity index (χ4n) is 1.46. The third-order valence-electron chi connectivity index (χ3n) is 2.13. The molecule has 0 bridgehead atoms. The molecule has 0 spiro atoms. The van der Waals surface area contributed by atoms with Crippen molar-refractivity contribution in [1.29, 1.82) is 0 Å². The standard InChI is InChI=1S/C11H11F2IO2/c1-3-8-9(6(2)15)4-7(5-10(8)14)16-11(12)13/h4-5,11H,3H2,1-2H3. The van der Waals surface area contributed by atoms with Gasteiger partial charge >= 0.3 is 6.61 Å². The highest BCUT2D eigenvalue weighted by Gasteiger charge is 2.14. The molecule has 0 N–H and O–H groups in total. The van der Waals surface area contributed by atoms with Gasteiger partial charge < -0.3 is 4.74 Å². The summed E-state index contributed by atoms with van der Waals surface area (Å²) in [6.45, 7) is 0.456. The van der Waals surface area contributed by atoms with Crippen molar-refractivity contribution in [2.24, 2.45) is 0 Å². The molecule has 0 heterocycles. The van der Waals surface area contributed by atoms with E-state index in [1.165, 1.54) is 19.1 Å². The van der Waals surface area contributed by atoms with Crippen molar-refractivity contribution in [3.63, 3.8) is 0 Å². The van der Waals surface area contributed by atoms with Crippen LogP contribution < -0.4 is 4.74 Å². The largest absolute Gasteiger partial charge is 0.435 e. The molecule has 88 valence electrons. The van der Waals surface area contributed by atoms with Gasteiger partial charge in [0, 0.05) is 9.13 Å². The molecule has 0 atom stereocenters. The van der Waals surface area contributed by atoms with E-state index in [4.69, 9.17) is 0 Å². The van der Waals surface area contributed by atoms with E-state index in [9.17, 15) is 13.6 Å². The lowest BCUT2D eigenvalue weighted by Crippen LogP contribution is -2.06. The van der Waals surface area contributed by atoms with Crippen molar-refractivity contribution < 1.29 is 18.3 Å². The first kappa shape index (κ1) is 13.3. The van der Waals surface area contributed by atoms with Gasteiger partial charge in [-0.15, -0.1) is 0 Å². The maximum Gasteiger partial charge on any atom is 0.387 e. The minimum atomic E-state index is -2.87. The maximum absolute atomic E-state index is 12.1. The molecular formula is C11H11F2IO2. The lowest BCUT2D eigenvalue weighted by molar-refractivity contribution is -0.0499. The Morgan fingerprint density at radius 2 is 2.12 bits per heavy atom. The van der Waals surface area contributed by atoms with Gasteiger partial charge in [-0.05, 0) is 53.6 Å². The number of carbonyl (C=O) groups excluding carboxylic acids is 1. The fraction of sp³-hybridized carbons (Fsp3) is 0.364. The Hall–Kier alpha value is -0.720. The number of halogens is 3. The first-order valence-electron chi connectivity index (χ1n) is 4.73. The molecule has 16 heavy (non-hydrogen) atoms. The molecule has 0 fully saturated rings. The molecule has 1 rings (SSSR count). The highest BCUT2D eigenvalue weighted by Crippen LogP contribution is 2.26. The first-order chi connectivity index (χ1) is 7.45. The number of rotatable bonds is 4. The molecule has 1 aromatic rings. The molecule has 0 saturated carbocycles. The molecule has 0 radical (unpaired) electrons. The molecule has 1 aromatic carbocycles. The number of hydrogen-bond acceptors (Lipinski definition) is 2. The minimum Gasteiger partial charge on any atom is -0.435 e. The number of Topliss-reactive ketones (excluding diaryl/α,β-unsaturated/α-hetero) is 1. The Balaban J connectivity index is 3.22. The molecule has 0 amide bonds. The number of benzene rings is 1. The Morgan fingerprint density at radius 1 is 1.50 bits per heavy atom. The molecule has 0 aliphatic heterocycles. The second-order valence-electron chi connectivity index (χ2n) is 3.22. The molecule has 0 unspecified atom stereocenters. The normalized spacial score (nSPS) is 10.6. The zero-order valence-electron chi connectivity index (χ0n) is 8.89. The van der Waals surface area contributed by atoms with Crippen LogP contribution in [-0.4, -0.2) is 12.4 Å². The zero-order valence-corrected chi connectivity index (χ0v) is 11.0. The average molecular weight is 340 g/mol. The molecule has 0 aliphatic rings. The van der Waals surface area contributed by atoms with Crippen LogP contribution in [0.1, 0.15) is 29.8 Å². The predicted molar refractivity (Wildman–Crippen MR) is 65.2 cm³/mol. The van der Waals surface area contributed by atoms with Crippen LogP contribution in [0, 0.1) is 3.57 Å². The van der Waals surface area contributed by atoms with E-state index in [0.29, 0.717) is 12.0 Å². The SMILES string of the molecule is CCc1c(I)cc(OC(F)F)cc1C(C)=O. The lowest BCUT2D eigenvalue weighted by Gasteiger charge is -2.11. The monoisotopic (exact) mass is 340 g/mol. The van der Waals surface area contributed by atoms with Crippen LogP contribution >= 0.6 is 22.6 Å². The smallest absolute Gasteiger partial charge is 0.387 e. The van der Waals surface area contributed by atoms with Crippen molar-refractivity contribution in [3.05, 3.63) is 26.8 Å². The minimum absolute atomic E-state index is 0.0294. The van der Waals surface area contributed by atoms with Crippen LogP contribution in [0.4, 0.5) is 8.78 Å². The van der Waals surface area contributed by atoms with Gasteiger partial charge in [-0.3, -0.25) is 4.79 Å². The van der Waals surface area contributed by atoms with E-state index in [1.54, 1.807) is 0 Å². The number of ketones is 1. The molecule has 5 heteroatoms. The van der Waals surface area contributed by atoms with Gasteiger partial charge in [0.15, 0.2) is 5.78 Å². The zero-order chi connectivity index (χ0) is 12.3. The Morgan fingerprint density at radius 3 is 2.56 bits per heavy atom. The summed E-state index contributed by atoms with van der Waals surface area (Å²) in [5.74, 6) is -0.115. The molecular weight excluding hydrogens is 329 g/mol. The van der Waals surface area contributed by atoms with Crippen molar-refractivity contribution in [3.8, 4) is 5.75 Å². The van der Waals surface area contributed by atoms with E-state index in [2.05, 4.69) is 4.74 Å². The van der Waals surface area contributed by atoms with Crippen LogP contribution in [0.5, 0.6) is 5.75 Å². The van der Waals surface area contributed by atoms with Crippen LogP contribution in [-0.2, 0) is 6.42 Å².